The molecule has 0 radical (unpaired) electrons. The minimum Gasteiger partial charge on any atom is -0.317 e. The van der Waals surface area contributed by atoms with E-state index in [1.54, 1.807) is 0 Å². The molecule has 0 aromatic rings. The van der Waals surface area contributed by atoms with Crippen LogP contribution in [0.15, 0.2) is 0 Å². The Kier molecular flexibility index (Phi) is 6.73. The highest BCUT2D eigenvalue weighted by Crippen LogP contribution is 2.27. The Bertz CT molecular complexity index is 111. The molecule has 1 aliphatic heterocycles. The van der Waals surface area contributed by atoms with Crippen LogP contribution in [0.3, 0.4) is 0 Å². The summed E-state index contributed by atoms with van der Waals surface area (Å²) in [4.78, 5) is 0. The molecule has 1 N–H and O–H groups in total. The highest BCUT2D eigenvalue weighted by Gasteiger charge is 2.14. The molecule has 1 saturated heterocycles. The third-order valence-electron chi connectivity index (χ3n) is 2.67. The molecule has 1 heterocycles. The summed E-state index contributed by atoms with van der Waals surface area (Å²) in [7, 11) is 0. The van der Waals surface area contributed by atoms with Crippen LogP contribution in [0.2, 0.25) is 0 Å². The number of rotatable bonds is 7. The maximum Gasteiger partial charge on any atom is -0.00388 e. The molecule has 2 heteroatoms. The Morgan fingerprint density at radius 1 is 1.31 bits per heavy atom. The predicted octanol–water partition coefficient (Wildman–Crippen LogP) is 2.91. The average Bonchev–Trinajstić information content (AvgIpc) is 2.63. The summed E-state index contributed by atoms with van der Waals surface area (Å²) in [5, 5.41) is 3.46. The fourth-order valence-electron chi connectivity index (χ4n) is 1.80. The molecule has 1 rings (SSSR count). The first-order chi connectivity index (χ1) is 6.43. The van der Waals surface area contributed by atoms with Crippen LogP contribution >= 0.6 is 11.8 Å². The summed E-state index contributed by atoms with van der Waals surface area (Å²) in [6.07, 6.45) is 7.02. The summed E-state index contributed by atoms with van der Waals surface area (Å²) in [5.74, 6) is 3.90. The number of unbranched alkanes of at least 4 members (excludes halogenated alkanes) is 1. The molecular weight excluding hydrogens is 178 g/mol. The van der Waals surface area contributed by atoms with Gasteiger partial charge in [0.25, 0.3) is 0 Å². The van der Waals surface area contributed by atoms with Gasteiger partial charge in [-0.05, 0) is 56.2 Å². The van der Waals surface area contributed by atoms with E-state index in [-0.39, 0.29) is 0 Å². The van der Waals surface area contributed by atoms with E-state index in [9.17, 15) is 0 Å². The number of thioether (sulfide) groups is 1. The van der Waals surface area contributed by atoms with Gasteiger partial charge in [-0.3, -0.25) is 0 Å². The van der Waals surface area contributed by atoms with Gasteiger partial charge in [0.1, 0.15) is 0 Å². The summed E-state index contributed by atoms with van der Waals surface area (Å²) in [6.45, 7) is 4.65. The summed E-state index contributed by atoms with van der Waals surface area (Å²) >= 11 is 2.14. The van der Waals surface area contributed by atoms with E-state index in [1.807, 2.05) is 0 Å². The second kappa shape index (κ2) is 7.69. The second-order valence-corrected chi connectivity index (χ2v) is 5.13. The van der Waals surface area contributed by atoms with Gasteiger partial charge in [0.2, 0.25) is 0 Å². The van der Waals surface area contributed by atoms with Gasteiger partial charge in [0, 0.05) is 0 Å². The highest BCUT2D eigenvalue weighted by molar-refractivity contribution is 7.99. The van der Waals surface area contributed by atoms with Crippen LogP contribution in [-0.4, -0.2) is 24.6 Å². The Hall–Kier alpha value is 0.310. The Balaban J connectivity index is 1.78. The molecule has 0 spiro atoms. The fourth-order valence-corrected chi connectivity index (χ4v) is 3.13. The maximum absolute atomic E-state index is 3.46. The van der Waals surface area contributed by atoms with Crippen molar-refractivity contribution in [2.45, 2.75) is 39.0 Å². The van der Waals surface area contributed by atoms with Crippen LogP contribution < -0.4 is 5.32 Å². The molecule has 1 fully saturated rings. The van der Waals surface area contributed by atoms with E-state index in [1.165, 1.54) is 56.7 Å². The third kappa shape index (κ3) is 5.58. The van der Waals surface area contributed by atoms with Crippen molar-refractivity contribution in [3.63, 3.8) is 0 Å². The Morgan fingerprint density at radius 2 is 2.23 bits per heavy atom. The van der Waals surface area contributed by atoms with Crippen LogP contribution in [0.4, 0.5) is 0 Å². The summed E-state index contributed by atoms with van der Waals surface area (Å²) < 4.78 is 0. The first-order valence-electron chi connectivity index (χ1n) is 5.72. The molecule has 13 heavy (non-hydrogen) atoms. The zero-order chi connectivity index (χ0) is 9.36. The van der Waals surface area contributed by atoms with Gasteiger partial charge in [-0.25, -0.2) is 0 Å². The van der Waals surface area contributed by atoms with Crippen molar-refractivity contribution in [2.24, 2.45) is 5.92 Å². The lowest BCUT2D eigenvalue weighted by atomic mass is 10.0. The van der Waals surface area contributed by atoms with E-state index >= 15 is 0 Å². The Morgan fingerprint density at radius 3 is 2.92 bits per heavy atom. The topological polar surface area (TPSA) is 12.0 Å². The van der Waals surface area contributed by atoms with Crippen molar-refractivity contribution in [1.29, 1.82) is 0 Å². The quantitative estimate of drug-likeness (QED) is 0.636. The first-order valence-corrected chi connectivity index (χ1v) is 6.87. The van der Waals surface area contributed by atoms with Gasteiger partial charge in [-0.1, -0.05) is 13.3 Å². The number of hydrogen-bond donors (Lipinski definition) is 1. The monoisotopic (exact) mass is 201 g/mol. The SMILES string of the molecule is CCCNCCCCC1CCSC1. The molecule has 0 bridgehead atoms. The van der Waals surface area contributed by atoms with Crippen molar-refractivity contribution in [3.8, 4) is 0 Å². The molecule has 1 nitrogen and oxygen atoms in total. The van der Waals surface area contributed by atoms with Crippen LogP contribution in [0, 0.1) is 5.92 Å². The summed E-state index contributed by atoms with van der Waals surface area (Å²) in [6, 6.07) is 0. The van der Waals surface area contributed by atoms with Crippen LogP contribution in [-0.2, 0) is 0 Å². The molecule has 1 aliphatic rings. The first kappa shape index (κ1) is 11.4. The number of nitrogens with one attached hydrogen (secondary N) is 1. The second-order valence-electron chi connectivity index (χ2n) is 3.98. The Labute approximate surface area is 87.1 Å². The molecule has 1 unspecified atom stereocenters. The van der Waals surface area contributed by atoms with Crippen molar-refractivity contribution < 1.29 is 0 Å². The zero-order valence-corrected chi connectivity index (χ0v) is 9.67. The molecular formula is C11H23NS. The van der Waals surface area contributed by atoms with Crippen molar-refractivity contribution in [1.82, 2.24) is 5.32 Å². The number of hydrogen-bond acceptors (Lipinski definition) is 2. The molecule has 0 amide bonds. The third-order valence-corrected chi connectivity index (χ3v) is 3.90. The molecule has 0 saturated carbocycles. The highest BCUT2D eigenvalue weighted by atomic mass is 32.2. The van der Waals surface area contributed by atoms with E-state index in [4.69, 9.17) is 0 Å². The minimum absolute atomic E-state index is 1.05. The van der Waals surface area contributed by atoms with Crippen LogP contribution in [0.1, 0.15) is 39.0 Å². The van der Waals surface area contributed by atoms with Gasteiger partial charge in [0.05, 0.1) is 0 Å². The largest absolute Gasteiger partial charge is 0.317 e. The predicted molar refractivity (Wildman–Crippen MR) is 62.4 cm³/mol. The van der Waals surface area contributed by atoms with Crippen molar-refractivity contribution in [2.75, 3.05) is 24.6 Å². The molecule has 0 aromatic heterocycles. The zero-order valence-electron chi connectivity index (χ0n) is 8.85. The normalized spacial score (nSPS) is 22.4. The fraction of sp³-hybridized carbons (Fsp3) is 1.00. The van der Waals surface area contributed by atoms with E-state index in [0.717, 1.165) is 5.92 Å². The average molecular weight is 201 g/mol. The van der Waals surface area contributed by atoms with Crippen LogP contribution in [0.25, 0.3) is 0 Å². The molecule has 0 aliphatic carbocycles. The molecule has 1 atom stereocenters. The van der Waals surface area contributed by atoms with Gasteiger partial charge < -0.3 is 5.32 Å². The maximum atomic E-state index is 3.46. The lowest BCUT2D eigenvalue weighted by Crippen LogP contribution is -2.16. The van der Waals surface area contributed by atoms with Gasteiger partial charge in [0.15, 0.2) is 0 Å². The van der Waals surface area contributed by atoms with Gasteiger partial charge in [-0.15, -0.1) is 0 Å². The van der Waals surface area contributed by atoms with Gasteiger partial charge >= 0.3 is 0 Å². The summed E-state index contributed by atoms with van der Waals surface area (Å²) in [5.41, 5.74) is 0. The molecule has 0 aromatic carbocycles. The lowest BCUT2D eigenvalue weighted by Gasteiger charge is -2.07. The standard InChI is InChI=1S/C11H23NS/c1-2-7-12-8-4-3-5-11-6-9-13-10-11/h11-12H,2-10H2,1H3. The van der Waals surface area contributed by atoms with E-state index in [2.05, 4.69) is 24.0 Å². The van der Waals surface area contributed by atoms with E-state index < -0.39 is 0 Å². The minimum atomic E-state index is 1.05. The lowest BCUT2D eigenvalue weighted by molar-refractivity contribution is 0.497. The van der Waals surface area contributed by atoms with Crippen molar-refractivity contribution >= 4 is 11.8 Å². The van der Waals surface area contributed by atoms with E-state index in [0.29, 0.717) is 0 Å². The van der Waals surface area contributed by atoms with Crippen molar-refractivity contribution in [3.05, 3.63) is 0 Å². The van der Waals surface area contributed by atoms with Crippen LogP contribution in [0.5, 0.6) is 0 Å². The smallest absolute Gasteiger partial charge is 0.00388 e. The van der Waals surface area contributed by atoms with Gasteiger partial charge in [-0.2, -0.15) is 11.8 Å². The molecule has 78 valence electrons.